The van der Waals surface area contributed by atoms with Gasteiger partial charge >= 0.3 is 0 Å². The molecule has 4 nitrogen and oxygen atoms in total. The lowest BCUT2D eigenvalue weighted by Crippen LogP contribution is -2.04. The quantitative estimate of drug-likeness (QED) is 0.379. The van der Waals surface area contributed by atoms with Crippen LogP contribution in [0.4, 0.5) is 0 Å². The number of aryl methyl sites for hydroxylation is 1. The zero-order valence-electron chi connectivity index (χ0n) is 11.7. The highest BCUT2D eigenvalue weighted by atomic mass is 35.5. The lowest BCUT2D eigenvalue weighted by molar-refractivity contribution is 0.310. The Labute approximate surface area is 124 Å². The number of halogens is 1. The highest BCUT2D eigenvalue weighted by Crippen LogP contribution is 2.29. The van der Waals surface area contributed by atoms with Gasteiger partial charge in [0.25, 0.3) is 0 Å². The topological polar surface area (TPSA) is 60.5 Å². The minimum absolute atomic E-state index is 0.324. The van der Waals surface area contributed by atoms with E-state index in [0.29, 0.717) is 17.3 Å². The molecule has 0 aliphatic carbocycles. The van der Waals surface area contributed by atoms with Crippen molar-refractivity contribution in [2.45, 2.75) is 6.92 Å². The van der Waals surface area contributed by atoms with E-state index in [0.717, 1.165) is 22.4 Å². The van der Waals surface area contributed by atoms with Gasteiger partial charge in [-0.25, -0.2) is 0 Å². The smallest absolute Gasteiger partial charge is 0.144 e. The van der Waals surface area contributed by atoms with Gasteiger partial charge in [0.05, 0.1) is 13.3 Å². The van der Waals surface area contributed by atoms with Crippen LogP contribution in [0.1, 0.15) is 16.8 Å². The largest absolute Gasteiger partial charge is 0.495 e. The van der Waals surface area contributed by atoms with Gasteiger partial charge in [0.15, 0.2) is 0 Å². The monoisotopic (exact) mass is 291 g/mol. The van der Waals surface area contributed by atoms with Gasteiger partial charge in [0.2, 0.25) is 0 Å². The van der Waals surface area contributed by atoms with Crippen molar-refractivity contribution >= 4 is 29.6 Å². The molecule has 1 aromatic rings. The molecule has 0 saturated heterocycles. The number of hydrogen-bond acceptors (Lipinski definition) is 4. The Morgan fingerprint density at radius 2 is 2.25 bits per heavy atom. The van der Waals surface area contributed by atoms with Gasteiger partial charge in [-0.05, 0) is 25.3 Å². The number of nitrogens with two attached hydrogens (primary N) is 1. The third-order valence-corrected chi connectivity index (χ3v) is 2.81. The number of methoxy groups -OCH3 is 1. The van der Waals surface area contributed by atoms with Gasteiger partial charge in [-0.15, -0.1) is 11.6 Å². The summed E-state index contributed by atoms with van der Waals surface area (Å²) in [6, 6.07) is 1.90. The number of aliphatic imine (C=N–C) groups is 1. The molecule has 0 saturated carbocycles. The molecule has 20 heavy (non-hydrogen) atoms. The Morgan fingerprint density at radius 3 is 2.75 bits per heavy atom. The number of nitrogens with zero attached hydrogens (tertiary/aromatic N) is 2. The Hall–Kier alpha value is -2.07. The predicted octanol–water partition coefficient (Wildman–Crippen LogP) is 3.13. The van der Waals surface area contributed by atoms with Crippen molar-refractivity contribution in [3.8, 4) is 0 Å². The van der Waals surface area contributed by atoms with Crippen LogP contribution in [0.2, 0.25) is 0 Å². The van der Waals surface area contributed by atoms with Crippen LogP contribution in [0.3, 0.4) is 0 Å². The maximum atomic E-state index is 5.84. The number of alkyl halides is 1. The lowest BCUT2D eigenvalue weighted by Gasteiger charge is -2.15. The third-order valence-electron chi connectivity index (χ3n) is 2.65. The van der Waals surface area contributed by atoms with Crippen molar-refractivity contribution in [2.24, 2.45) is 10.7 Å². The summed E-state index contributed by atoms with van der Waals surface area (Å²) in [5, 5.41) is 0. The van der Waals surface area contributed by atoms with Crippen LogP contribution in [0.15, 0.2) is 41.9 Å². The molecule has 1 rings (SSSR count). The summed E-state index contributed by atoms with van der Waals surface area (Å²) in [5.74, 6) is 0.874. The van der Waals surface area contributed by atoms with Crippen LogP contribution in [-0.4, -0.2) is 24.7 Å². The Kier molecular flexibility index (Phi) is 6.00. The van der Waals surface area contributed by atoms with Crippen LogP contribution >= 0.6 is 11.6 Å². The number of ether oxygens (including phenoxy) is 1. The van der Waals surface area contributed by atoms with Crippen molar-refractivity contribution in [3.63, 3.8) is 0 Å². The average Bonchev–Trinajstić information content (AvgIpc) is 2.42. The number of pyridine rings is 1. The number of rotatable bonds is 6. The van der Waals surface area contributed by atoms with Crippen molar-refractivity contribution < 1.29 is 4.74 Å². The van der Waals surface area contributed by atoms with Gasteiger partial charge in [-0.1, -0.05) is 12.7 Å². The second kappa shape index (κ2) is 7.50. The summed E-state index contributed by atoms with van der Waals surface area (Å²) >= 11 is 5.84. The summed E-state index contributed by atoms with van der Waals surface area (Å²) in [6.07, 6.45) is 5.03. The van der Waals surface area contributed by atoms with Gasteiger partial charge in [-0.3, -0.25) is 9.98 Å². The van der Waals surface area contributed by atoms with E-state index in [1.165, 1.54) is 6.20 Å². The molecular weight excluding hydrogens is 274 g/mol. The molecule has 0 aliphatic heterocycles. The molecule has 0 fully saturated rings. The highest BCUT2D eigenvalue weighted by molar-refractivity contribution is 6.19. The van der Waals surface area contributed by atoms with E-state index in [2.05, 4.69) is 23.3 Å². The zero-order valence-corrected chi connectivity index (χ0v) is 12.4. The number of allylic oxidation sites excluding steroid dienone is 2. The summed E-state index contributed by atoms with van der Waals surface area (Å²) in [6.45, 7) is 9.11. The Morgan fingerprint density at radius 1 is 1.55 bits per heavy atom. The average molecular weight is 292 g/mol. The van der Waals surface area contributed by atoms with Crippen molar-refractivity contribution in [1.29, 1.82) is 0 Å². The molecule has 0 radical (unpaired) electrons. The second-order valence-electron chi connectivity index (χ2n) is 4.05. The standard InChI is InChI=1S/C15H18ClN3O/c1-10-7-13(14(8-19-10)11(2)17)12(5-6-16)15(20-4)9-18-3/h5,7-9H,2-3,6,17H2,1,4H3/b12-5-,15-9+. The molecule has 0 atom stereocenters. The predicted molar refractivity (Wildman–Crippen MR) is 85.5 cm³/mol. The zero-order chi connectivity index (χ0) is 15.1. The van der Waals surface area contributed by atoms with Gasteiger partial charge in [-0.2, -0.15) is 0 Å². The maximum Gasteiger partial charge on any atom is 0.144 e. The first kappa shape index (κ1) is 16.0. The fourth-order valence-corrected chi connectivity index (χ4v) is 1.93. The number of aromatic nitrogens is 1. The molecular formula is C15H18ClN3O. The molecule has 106 valence electrons. The fourth-order valence-electron chi connectivity index (χ4n) is 1.77. The Balaban J connectivity index is 3.54. The SMILES string of the molecule is C=N/C=C(OC)\C(=C/CCl)c1cc(C)ncc1C(=C)N. The summed E-state index contributed by atoms with van der Waals surface area (Å²) in [5.41, 5.74) is 9.47. The van der Waals surface area contributed by atoms with Crippen LogP contribution in [0, 0.1) is 6.92 Å². The molecule has 0 aromatic carbocycles. The molecule has 2 N–H and O–H groups in total. The third kappa shape index (κ3) is 3.71. The first-order valence-corrected chi connectivity index (χ1v) is 6.46. The molecule has 0 bridgehead atoms. The van der Waals surface area contributed by atoms with Gasteiger partial charge in [0, 0.05) is 34.6 Å². The maximum absolute atomic E-state index is 5.84. The van der Waals surface area contributed by atoms with Crippen LogP contribution in [0.5, 0.6) is 0 Å². The second-order valence-corrected chi connectivity index (χ2v) is 4.36. The minimum Gasteiger partial charge on any atom is -0.495 e. The van der Waals surface area contributed by atoms with Gasteiger partial charge < -0.3 is 10.5 Å². The number of hydrogen-bond donors (Lipinski definition) is 1. The highest BCUT2D eigenvalue weighted by Gasteiger charge is 2.14. The Bertz CT molecular complexity index is 576. The summed E-state index contributed by atoms with van der Waals surface area (Å²) in [7, 11) is 1.56. The van der Waals surface area contributed by atoms with Crippen LogP contribution in [0.25, 0.3) is 11.3 Å². The van der Waals surface area contributed by atoms with E-state index in [1.807, 2.05) is 19.1 Å². The summed E-state index contributed by atoms with van der Waals surface area (Å²) in [4.78, 5) is 7.98. The van der Waals surface area contributed by atoms with Crippen molar-refractivity contribution in [1.82, 2.24) is 4.98 Å². The molecule has 0 unspecified atom stereocenters. The van der Waals surface area contributed by atoms with E-state index in [-0.39, 0.29) is 0 Å². The summed E-state index contributed by atoms with van der Waals surface area (Å²) < 4.78 is 5.34. The molecule has 0 amide bonds. The fraction of sp³-hybridized carbons (Fsp3) is 0.200. The van der Waals surface area contributed by atoms with Crippen molar-refractivity contribution in [2.75, 3.05) is 13.0 Å². The molecule has 0 spiro atoms. The normalized spacial score (nSPS) is 12.2. The lowest BCUT2D eigenvalue weighted by atomic mass is 9.97. The molecule has 1 aromatic heterocycles. The van der Waals surface area contributed by atoms with Crippen molar-refractivity contribution in [3.05, 3.63) is 53.7 Å². The van der Waals surface area contributed by atoms with Crippen LogP contribution in [-0.2, 0) is 4.74 Å². The first-order valence-electron chi connectivity index (χ1n) is 5.93. The minimum atomic E-state index is 0.324. The van der Waals surface area contributed by atoms with E-state index < -0.39 is 0 Å². The van der Waals surface area contributed by atoms with E-state index in [1.54, 1.807) is 13.3 Å². The van der Waals surface area contributed by atoms with E-state index in [9.17, 15) is 0 Å². The first-order chi connectivity index (χ1) is 9.54. The van der Waals surface area contributed by atoms with Gasteiger partial charge in [0.1, 0.15) is 5.76 Å². The van der Waals surface area contributed by atoms with E-state index >= 15 is 0 Å². The molecule has 5 heteroatoms. The molecule has 0 aliphatic rings. The van der Waals surface area contributed by atoms with Crippen LogP contribution < -0.4 is 5.73 Å². The molecule has 1 heterocycles. The van der Waals surface area contributed by atoms with E-state index in [4.69, 9.17) is 22.1 Å².